The van der Waals surface area contributed by atoms with Crippen molar-refractivity contribution in [2.45, 2.75) is 9.92 Å². The van der Waals surface area contributed by atoms with Gasteiger partial charge in [0.2, 0.25) is 0 Å². The predicted octanol–water partition coefficient (Wildman–Crippen LogP) is 3.09. The summed E-state index contributed by atoms with van der Waals surface area (Å²) in [6, 6.07) is 13.3. The third-order valence-electron chi connectivity index (χ3n) is 2.13. The van der Waals surface area contributed by atoms with Gasteiger partial charge < -0.3 is 10.9 Å². The lowest BCUT2D eigenvalue weighted by Crippen LogP contribution is -2.14. The molecule has 92 valence electrons. The Hall–Kier alpha value is -1.53. The summed E-state index contributed by atoms with van der Waals surface area (Å²) in [5.74, 6) is 0.00764. The van der Waals surface area contributed by atoms with Crippen molar-refractivity contribution < 1.29 is 5.21 Å². The molecule has 0 fully saturated rings. The minimum absolute atomic E-state index is 0.00764. The molecule has 0 radical (unpaired) electrons. The van der Waals surface area contributed by atoms with E-state index >= 15 is 0 Å². The summed E-state index contributed by atoms with van der Waals surface area (Å²) in [6.07, 6.45) is 0. The Morgan fingerprint density at radius 1 is 1.22 bits per heavy atom. The summed E-state index contributed by atoms with van der Waals surface area (Å²) in [4.78, 5) is 5.37. The maximum absolute atomic E-state index is 8.61. The minimum Gasteiger partial charge on any atom is -0.409 e. The van der Waals surface area contributed by atoms with Crippen LogP contribution in [-0.2, 0) is 0 Å². The molecule has 0 spiro atoms. The van der Waals surface area contributed by atoms with E-state index in [4.69, 9.17) is 10.9 Å². The number of pyridine rings is 1. The molecular formula is C12H10BrN3OS. The van der Waals surface area contributed by atoms with Crippen molar-refractivity contribution in [3.05, 3.63) is 52.6 Å². The highest BCUT2D eigenvalue weighted by atomic mass is 79.9. The summed E-state index contributed by atoms with van der Waals surface area (Å²) in [7, 11) is 0. The first kappa shape index (κ1) is 12.9. The van der Waals surface area contributed by atoms with Crippen LogP contribution in [0.15, 0.2) is 62.0 Å². The Labute approximate surface area is 117 Å². The molecule has 0 saturated heterocycles. The number of rotatable bonds is 3. The maximum Gasteiger partial charge on any atom is 0.188 e. The van der Waals surface area contributed by atoms with Gasteiger partial charge >= 0.3 is 0 Å². The molecule has 1 aromatic carbocycles. The van der Waals surface area contributed by atoms with Gasteiger partial charge in [-0.25, -0.2) is 4.98 Å². The number of hydrogen-bond acceptors (Lipinski definition) is 4. The van der Waals surface area contributed by atoms with Gasteiger partial charge in [0.05, 0.1) is 0 Å². The topological polar surface area (TPSA) is 71.5 Å². The third kappa shape index (κ3) is 3.24. The van der Waals surface area contributed by atoms with Gasteiger partial charge in [0.25, 0.3) is 0 Å². The van der Waals surface area contributed by atoms with Crippen LogP contribution in [-0.4, -0.2) is 16.0 Å². The highest BCUT2D eigenvalue weighted by molar-refractivity contribution is 9.10. The highest BCUT2D eigenvalue weighted by Crippen LogP contribution is 2.27. The number of nitrogens with two attached hydrogens (primary N) is 1. The first-order chi connectivity index (χ1) is 8.69. The van der Waals surface area contributed by atoms with Gasteiger partial charge in [-0.05, 0) is 36.4 Å². The third-order valence-corrected chi connectivity index (χ3v) is 3.60. The molecule has 1 aromatic heterocycles. The van der Waals surface area contributed by atoms with Gasteiger partial charge in [0, 0.05) is 9.37 Å². The highest BCUT2D eigenvalue weighted by Gasteiger charge is 2.04. The monoisotopic (exact) mass is 323 g/mol. The van der Waals surface area contributed by atoms with Crippen LogP contribution in [0.4, 0.5) is 0 Å². The molecule has 6 heteroatoms. The maximum atomic E-state index is 8.61. The predicted molar refractivity (Wildman–Crippen MR) is 75.0 cm³/mol. The minimum atomic E-state index is 0.00764. The zero-order valence-electron chi connectivity index (χ0n) is 9.25. The van der Waals surface area contributed by atoms with Crippen LogP contribution in [0.1, 0.15) is 5.69 Å². The average Bonchev–Trinajstić information content (AvgIpc) is 2.41. The number of hydrogen-bond donors (Lipinski definition) is 2. The van der Waals surface area contributed by atoms with E-state index in [1.807, 2.05) is 36.4 Å². The Bertz CT molecular complexity index is 572. The Kier molecular flexibility index (Phi) is 4.22. The van der Waals surface area contributed by atoms with Crippen molar-refractivity contribution in [3.8, 4) is 0 Å². The van der Waals surface area contributed by atoms with Crippen molar-refractivity contribution in [1.82, 2.24) is 4.98 Å². The Morgan fingerprint density at radius 3 is 2.61 bits per heavy atom. The molecule has 1 heterocycles. The molecule has 2 rings (SSSR count). The molecule has 2 aromatic rings. The van der Waals surface area contributed by atoms with Crippen molar-refractivity contribution in [2.24, 2.45) is 10.9 Å². The van der Waals surface area contributed by atoms with Crippen LogP contribution in [0.2, 0.25) is 0 Å². The smallest absolute Gasteiger partial charge is 0.188 e. The lowest BCUT2D eigenvalue weighted by Gasteiger charge is -2.03. The molecule has 0 saturated carbocycles. The summed E-state index contributed by atoms with van der Waals surface area (Å²) in [6.45, 7) is 0. The number of halogens is 1. The molecule has 0 aliphatic rings. The van der Waals surface area contributed by atoms with E-state index in [0.29, 0.717) is 5.69 Å². The second-order valence-electron chi connectivity index (χ2n) is 3.40. The van der Waals surface area contributed by atoms with Crippen LogP contribution in [0.25, 0.3) is 0 Å². The van der Waals surface area contributed by atoms with Crippen LogP contribution in [0.3, 0.4) is 0 Å². The average molecular weight is 324 g/mol. The van der Waals surface area contributed by atoms with Crippen molar-refractivity contribution >= 4 is 33.5 Å². The number of benzene rings is 1. The lowest BCUT2D eigenvalue weighted by molar-refractivity contribution is 0.318. The van der Waals surface area contributed by atoms with Gasteiger partial charge in [-0.3, -0.25) is 0 Å². The second-order valence-corrected chi connectivity index (χ2v) is 5.41. The fourth-order valence-corrected chi connectivity index (χ4v) is 2.36. The SMILES string of the molecule is NC(=NO)c1cccc(Sc2ccc(Br)cc2)n1. The van der Waals surface area contributed by atoms with E-state index in [1.54, 1.807) is 6.07 Å². The van der Waals surface area contributed by atoms with E-state index in [2.05, 4.69) is 26.1 Å². The normalized spacial score (nSPS) is 11.5. The fourth-order valence-electron chi connectivity index (χ4n) is 1.29. The van der Waals surface area contributed by atoms with Gasteiger partial charge in [0.15, 0.2) is 5.84 Å². The number of oxime groups is 1. The summed E-state index contributed by atoms with van der Waals surface area (Å²) < 4.78 is 1.03. The number of nitrogens with zero attached hydrogens (tertiary/aromatic N) is 2. The van der Waals surface area contributed by atoms with E-state index in [0.717, 1.165) is 14.4 Å². The fraction of sp³-hybridized carbons (Fsp3) is 0. The van der Waals surface area contributed by atoms with E-state index in [1.165, 1.54) is 11.8 Å². The summed E-state index contributed by atoms with van der Waals surface area (Å²) in [5, 5.41) is 12.3. The van der Waals surface area contributed by atoms with Crippen molar-refractivity contribution in [2.75, 3.05) is 0 Å². The van der Waals surface area contributed by atoms with E-state index in [-0.39, 0.29) is 5.84 Å². The molecule has 0 aliphatic heterocycles. The molecule has 0 unspecified atom stereocenters. The zero-order valence-corrected chi connectivity index (χ0v) is 11.6. The molecular weight excluding hydrogens is 314 g/mol. The van der Waals surface area contributed by atoms with Crippen LogP contribution in [0.5, 0.6) is 0 Å². The Morgan fingerprint density at radius 2 is 1.94 bits per heavy atom. The molecule has 3 N–H and O–H groups in total. The molecule has 4 nitrogen and oxygen atoms in total. The Balaban J connectivity index is 2.22. The van der Waals surface area contributed by atoms with Gasteiger partial charge in [-0.2, -0.15) is 0 Å². The second kappa shape index (κ2) is 5.88. The standard InChI is InChI=1S/C12H10BrN3OS/c13-8-4-6-9(7-5-8)18-11-3-1-2-10(15-11)12(14)16-17/h1-7,17H,(H2,14,16). The van der Waals surface area contributed by atoms with Crippen molar-refractivity contribution in [1.29, 1.82) is 0 Å². The van der Waals surface area contributed by atoms with E-state index < -0.39 is 0 Å². The molecule has 0 amide bonds. The first-order valence-corrected chi connectivity index (χ1v) is 6.68. The number of amidine groups is 1. The van der Waals surface area contributed by atoms with Gasteiger partial charge in [-0.15, -0.1) is 0 Å². The lowest BCUT2D eigenvalue weighted by atomic mass is 10.3. The molecule has 0 atom stereocenters. The van der Waals surface area contributed by atoms with Gasteiger partial charge in [0.1, 0.15) is 10.7 Å². The molecule has 0 aliphatic carbocycles. The number of aromatic nitrogens is 1. The molecule has 0 bridgehead atoms. The first-order valence-electron chi connectivity index (χ1n) is 5.07. The van der Waals surface area contributed by atoms with Crippen LogP contribution >= 0.6 is 27.7 Å². The quantitative estimate of drug-likeness (QED) is 0.394. The van der Waals surface area contributed by atoms with E-state index in [9.17, 15) is 0 Å². The summed E-state index contributed by atoms with van der Waals surface area (Å²) in [5.41, 5.74) is 5.96. The van der Waals surface area contributed by atoms with Crippen molar-refractivity contribution in [3.63, 3.8) is 0 Å². The zero-order chi connectivity index (χ0) is 13.0. The summed E-state index contributed by atoms with van der Waals surface area (Å²) >= 11 is 4.90. The largest absolute Gasteiger partial charge is 0.409 e. The van der Waals surface area contributed by atoms with Crippen LogP contribution in [0, 0.1) is 0 Å². The van der Waals surface area contributed by atoms with Crippen LogP contribution < -0.4 is 5.73 Å². The van der Waals surface area contributed by atoms with Gasteiger partial charge in [-0.1, -0.05) is 38.9 Å². The molecule has 18 heavy (non-hydrogen) atoms.